The first-order valence-corrected chi connectivity index (χ1v) is 11.4. The summed E-state index contributed by atoms with van der Waals surface area (Å²) in [6.45, 7) is 2.02. The molecule has 0 aliphatic heterocycles. The van der Waals surface area contributed by atoms with Gasteiger partial charge in [-0.2, -0.15) is 0 Å². The number of para-hydroxylation sites is 1. The van der Waals surface area contributed by atoms with Crippen LogP contribution >= 0.6 is 23.1 Å². The van der Waals surface area contributed by atoms with Gasteiger partial charge in [0.05, 0.1) is 17.0 Å². The second-order valence-corrected chi connectivity index (χ2v) is 8.82. The Kier molecular flexibility index (Phi) is 5.32. The molecule has 0 atom stereocenters. The minimum atomic E-state index is -0.578. The van der Waals surface area contributed by atoms with Gasteiger partial charge in [-0.3, -0.25) is 9.20 Å². The van der Waals surface area contributed by atoms with Crippen LogP contribution in [0.1, 0.15) is 5.56 Å². The first kappa shape index (κ1) is 20.5. The molecule has 0 saturated carbocycles. The first-order valence-electron chi connectivity index (χ1n) is 9.56. The maximum Gasteiger partial charge on any atom is 0.236 e. The van der Waals surface area contributed by atoms with E-state index in [2.05, 4.69) is 20.5 Å². The van der Waals surface area contributed by atoms with Crippen LogP contribution < -0.4 is 5.32 Å². The second-order valence-electron chi connectivity index (χ2n) is 7.02. The van der Waals surface area contributed by atoms with Crippen LogP contribution in [0.2, 0.25) is 0 Å². The molecule has 1 N–H and O–H groups in total. The first-order chi connectivity index (χ1) is 15.5. The zero-order valence-electron chi connectivity index (χ0n) is 16.7. The molecule has 0 aliphatic rings. The van der Waals surface area contributed by atoms with Crippen molar-refractivity contribution in [2.24, 2.45) is 0 Å². The van der Waals surface area contributed by atoms with Gasteiger partial charge in [-0.15, -0.1) is 21.5 Å². The molecule has 2 aromatic carbocycles. The molecule has 3 aromatic heterocycles. The molecule has 5 aromatic rings. The van der Waals surface area contributed by atoms with Gasteiger partial charge < -0.3 is 5.32 Å². The normalized spacial score (nSPS) is 11.3. The van der Waals surface area contributed by atoms with Crippen LogP contribution in [0.4, 0.5) is 13.9 Å². The number of halogens is 2. The third-order valence-corrected chi connectivity index (χ3v) is 6.55. The fourth-order valence-electron chi connectivity index (χ4n) is 3.40. The summed E-state index contributed by atoms with van der Waals surface area (Å²) in [6, 6.07) is 13.1. The van der Waals surface area contributed by atoms with Gasteiger partial charge in [-0.05, 0) is 42.8 Å². The van der Waals surface area contributed by atoms with Crippen LogP contribution in [0.25, 0.3) is 27.8 Å². The molecule has 5 rings (SSSR count). The van der Waals surface area contributed by atoms with Gasteiger partial charge in [0.1, 0.15) is 11.6 Å². The van der Waals surface area contributed by atoms with Gasteiger partial charge in [0, 0.05) is 16.3 Å². The Morgan fingerprint density at radius 1 is 1.16 bits per heavy atom. The van der Waals surface area contributed by atoms with Crippen LogP contribution in [0.3, 0.4) is 0 Å². The number of hydrogen-bond donors (Lipinski definition) is 1. The Bertz CT molecular complexity index is 1480. The predicted molar refractivity (Wildman–Crippen MR) is 122 cm³/mol. The van der Waals surface area contributed by atoms with E-state index in [-0.39, 0.29) is 22.9 Å². The number of carbonyl (C=O) groups excluding carboxylic acids is 1. The highest BCUT2D eigenvalue weighted by atomic mass is 32.2. The Morgan fingerprint density at radius 2 is 2.00 bits per heavy atom. The number of carbonyl (C=O) groups is 1. The Labute approximate surface area is 189 Å². The van der Waals surface area contributed by atoms with E-state index in [9.17, 15) is 13.6 Å². The third-order valence-electron chi connectivity index (χ3n) is 4.86. The number of hydrogen-bond acceptors (Lipinski definition) is 6. The van der Waals surface area contributed by atoms with Crippen molar-refractivity contribution in [2.75, 3.05) is 11.1 Å². The lowest BCUT2D eigenvalue weighted by Gasteiger charge is -2.07. The number of rotatable bonds is 5. The Hall–Kier alpha value is -3.37. The number of anilines is 1. The molecule has 32 heavy (non-hydrogen) atoms. The van der Waals surface area contributed by atoms with Gasteiger partial charge in [0.2, 0.25) is 5.91 Å². The van der Waals surface area contributed by atoms with Crippen molar-refractivity contribution in [3.63, 3.8) is 0 Å². The molecule has 0 saturated heterocycles. The number of thioether (sulfide) groups is 1. The SMILES string of the molecule is Cc1cc2nnc(SCC(=O)Nc3nc(-c4cc(F)ccc4F)cs3)n2c2ccccc12. The highest BCUT2D eigenvalue weighted by Crippen LogP contribution is 2.29. The molecule has 0 aliphatic carbocycles. The highest BCUT2D eigenvalue weighted by molar-refractivity contribution is 7.99. The third kappa shape index (κ3) is 3.82. The standard InChI is InChI=1S/C22H15F2N5OS2/c1-12-8-19-27-28-22(29(19)18-5-3-2-4-14(12)18)32-11-20(30)26-21-25-17(10-31-21)15-9-13(23)6-7-16(15)24/h2-10H,11H2,1H3,(H,25,26,30). The number of aryl methyl sites for hydroxylation is 1. The van der Waals surface area contributed by atoms with Crippen LogP contribution in [0.15, 0.2) is 59.1 Å². The molecule has 1 amide bonds. The molecule has 160 valence electrons. The molecule has 0 bridgehead atoms. The number of fused-ring (bicyclic) bond motifs is 3. The lowest BCUT2D eigenvalue weighted by Crippen LogP contribution is -2.14. The van der Waals surface area contributed by atoms with Crippen molar-refractivity contribution in [1.29, 1.82) is 0 Å². The number of thiazole rings is 1. The molecule has 3 heterocycles. The van der Waals surface area contributed by atoms with Gasteiger partial charge >= 0.3 is 0 Å². The van der Waals surface area contributed by atoms with E-state index in [1.807, 2.05) is 41.7 Å². The quantitative estimate of drug-likeness (QED) is 0.354. The van der Waals surface area contributed by atoms with E-state index in [1.165, 1.54) is 11.8 Å². The van der Waals surface area contributed by atoms with Crippen LogP contribution in [-0.2, 0) is 4.79 Å². The Balaban J connectivity index is 1.32. The van der Waals surface area contributed by atoms with E-state index in [0.29, 0.717) is 15.9 Å². The summed E-state index contributed by atoms with van der Waals surface area (Å²) in [5.41, 5.74) is 3.10. The van der Waals surface area contributed by atoms with Gasteiger partial charge in [0.15, 0.2) is 15.9 Å². The molecule has 0 radical (unpaired) electrons. The second kappa shape index (κ2) is 8.29. The summed E-state index contributed by atoms with van der Waals surface area (Å²) in [6.07, 6.45) is 0. The van der Waals surface area contributed by atoms with E-state index in [0.717, 1.165) is 46.0 Å². The van der Waals surface area contributed by atoms with E-state index < -0.39 is 11.6 Å². The largest absolute Gasteiger partial charge is 0.301 e. The molecule has 0 fully saturated rings. The van der Waals surface area contributed by atoms with Crippen LogP contribution in [-0.4, -0.2) is 31.2 Å². The maximum absolute atomic E-state index is 14.0. The summed E-state index contributed by atoms with van der Waals surface area (Å²) in [7, 11) is 0. The topological polar surface area (TPSA) is 72.2 Å². The smallest absolute Gasteiger partial charge is 0.236 e. The van der Waals surface area contributed by atoms with Crippen LogP contribution in [0.5, 0.6) is 0 Å². The maximum atomic E-state index is 14.0. The van der Waals surface area contributed by atoms with Crippen molar-refractivity contribution in [3.05, 3.63) is 71.1 Å². The van der Waals surface area contributed by atoms with Crippen LogP contribution in [0, 0.1) is 18.6 Å². The fraction of sp³-hybridized carbons (Fsp3) is 0.0909. The number of nitrogens with one attached hydrogen (secondary N) is 1. The van der Waals surface area contributed by atoms with Gasteiger partial charge in [-0.25, -0.2) is 13.8 Å². The number of aromatic nitrogens is 4. The van der Waals surface area contributed by atoms with Crippen molar-refractivity contribution < 1.29 is 13.6 Å². The zero-order chi connectivity index (χ0) is 22.2. The monoisotopic (exact) mass is 467 g/mol. The van der Waals surface area contributed by atoms with Crippen molar-refractivity contribution in [1.82, 2.24) is 19.6 Å². The zero-order valence-corrected chi connectivity index (χ0v) is 18.3. The van der Waals surface area contributed by atoms with E-state index in [4.69, 9.17) is 0 Å². The summed E-state index contributed by atoms with van der Waals surface area (Å²) < 4.78 is 29.3. The highest BCUT2D eigenvalue weighted by Gasteiger charge is 2.15. The van der Waals surface area contributed by atoms with Crippen molar-refractivity contribution in [2.45, 2.75) is 12.1 Å². The number of benzene rings is 2. The van der Waals surface area contributed by atoms with Crippen molar-refractivity contribution in [3.8, 4) is 11.3 Å². The minimum Gasteiger partial charge on any atom is -0.301 e. The van der Waals surface area contributed by atoms with Gasteiger partial charge in [-0.1, -0.05) is 30.0 Å². The molecule has 6 nitrogen and oxygen atoms in total. The average molecular weight is 468 g/mol. The lowest BCUT2D eigenvalue weighted by atomic mass is 10.1. The lowest BCUT2D eigenvalue weighted by molar-refractivity contribution is -0.113. The number of nitrogens with zero attached hydrogens (tertiary/aromatic N) is 4. The summed E-state index contributed by atoms with van der Waals surface area (Å²) in [5, 5.41) is 14.7. The molecule has 0 unspecified atom stereocenters. The van der Waals surface area contributed by atoms with E-state index in [1.54, 1.807) is 5.38 Å². The average Bonchev–Trinajstić information content (AvgIpc) is 3.41. The van der Waals surface area contributed by atoms with Gasteiger partial charge in [0.25, 0.3) is 0 Å². The predicted octanol–water partition coefficient (Wildman–Crippen LogP) is 5.32. The molecule has 10 heteroatoms. The Morgan fingerprint density at radius 3 is 2.88 bits per heavy atom. The summed E-state index contributed by atoms with van der Waals surface area (Å²) in [4.78, 5) is 16.7. The number of pyridine rings is 1. The fourth-order valence-corrected chi connectivity index (χ4v) is 4.88. The van der Waals surface area contributed by atoms with E-state index >= 15 is 0 Å². The van der Waals surface area contributed by atoms with Crippen molar-refractivity contribution >= 4 is 50.7 Å². The summed E-state index contributed by atoms with van der Waals surface area (Å²) in [5.74, 6) is -1.33. The molecular weight excluding hydrogens is 452 g/mol. The summed E-state index contributed by atoms with van der Waals surface area (Å²) >= 11 is 2.40. The minimum absolute atomic E-state index is 0.0493. The molecular formula is C22H15F2N5OS2. The number of amides is 1. The molecule has 0 spiro atoms.